The van der Waals surface area contributed by atoms with E-state index in [9.17, 15) is 0 Å². The number of hydrogen-bond donors (Lipinski definition) is 7. The van der Waals surface area contributed by atoms with E-state index in [0.29, 0.717) is 40.8 Å². The number of unbranched alkanes of at least 4 members (excludes halogenated alkanes) is 12. The Hall–Kier alpha value is -2.62. The minimum Gasteiger partial charge on any atom is -0.392 e. The molecular formula is C52H99N11OS3. The summed E-state index contributed by atoms with van der Waals surface area (Å²) in [5.41, 5.74) is 32.0. The molecule has 0 saturated heterocycles. The first-order valence-corrected chi connectivity index (χ1v) is 28.2. The summed E-state index contributed by atoms with van der Waals surface area (Å²) in [6.45, 7) is 11.7. The van der Waals surface area contributed by atoms with Crippen LogP contribution in [0.15, 0.2) is 20.2 Å². The second kappa shape index (κ2) is 42.3. The van der Waals surface area contributed by atoms with Gasteiger partial charge in [-0.1, -0.05) is 148 Å². The number of nitrogens with zero attached hydrogens (tertiary/aromatic N) is 4. The van der Waals surface area contributed by atoms with Gasteiger partial charge in [-0.3, -0.25) is 20.8 Å². The number of nitrogens with two attached hydrogens (primary N) is 4. The van der Waals surface area contributed by atoms with Crippen molar-refractivity contribution < 1.29 is 4.74 Å². The molecule has 4 unspecified atom stereocenters. The Labute approximate surface area is 425 Å². The highest BCUT2D eigenvalue weighted by Gasteiger charge is 2.24. The number of rotatable bonds is 29. The normalized spacial score (nSPS) is 22.2. The second-order valence-corrected chi connectivity index (χ2v) is 20.6. The standard InChI is InChI=1S/C13H26N4.C13H25N3S.C13H24N2OS.C13H24N2S/c1-2-3-4-5-6-8-11-9-7-10-12(11)16-17-13(14)15;1-2-3-4-5-6-8-11-9-7-10-12(11)15-16-13(14)17;1-2-3-8-16-9-7-11-5-4-6-12(11)15-10-13(14)17;1-2-3-4-5-7-11-8-6-9-12(11)15-10-13(14)16/h11H,2-10H2,1H3,(H4,14,15,17);11H,2-10H2,1H3,(H3,14,16,17);11H,2-10H2,1H3,(H2,14,17);11H,2-10H2,1H3,(H2,14,16)/b16-12+;15-12+;;. The van der Waals surface area contributed by atoms with Crippen molar-refractivity contribution in [3.63, 3.8) is 0 Å². The van der Waals surface area contributed by atoms with E-state index in [-0.39, 0.29) is 11.1 Å². The molecule has 0 bridgehead atoms. The predicted octanol–water partition coefficient (Wildman–Crippen LogP) is 12.5. The molecule has 4 aliphatic carbocycles. The van der Waals surface area contributed by atoms with Crippen molar-refractivity contribution in [2.24, 2.45) is 66.8 Å². The maximum absolute atomic E-state index is 7.10. The van der Waals surface area contributed by atoms with Gasteiger partial charge in [-0.25, -0.2) is 5.43 Å². The number of nitrogens with one attached hydrogen (secondary N) is 3. The smallest absolute Gasteiger partial charge is 0.206 e. The molecule has 67 heavy (non-hydrogen) atoms. The summed E-state index contributed by atoms with van der Waals surface area (Å²) in [6.07, 6.45) is 40.7. The van der Waals surface area contributed by atoms with E-state index in [1.54, 1.807) is 0 Å². The Morgan fingerprint density at radius 2 is 0.851 bits per heavy atom. The fraction of sp³-hybridized carbons (Fsp3) is 0.846. The zero-order chi connectivity index (χ0) is 49.3. The van der Waals surface area contributed by atoms with Crippen molar-refractivity contribution in [1.82, 2.24) is 10.9 Å². The first-order valence-electron chi connectivity index (χ1n) is 26.9. The Kier molecular flexibility index (Phi) is 39.4. The highest BCUT2D eigenvalue weighted by atomic mass is 32.1. The second-order valence-electron chi connectivity index (χ2n) is 19.1. The van der Waals surface area contributed by atoms with Crippen LogP contribution in [0.2, 0.25) is 0 Å². The van der Waals surface area contributed by atoms with Crippen molar-refractivity contribution in [3.05, 3.63) is 0 Å². The van der Waals surface area contributed by atoms with Crippen molar-refractivity contribution in [1.29, 1.82) is 5.41 Å². The van der Waals surface area contributed by atoms with Gasteiger partial charge in [0.25, 0.3) is 0 Å². The summed E-state index contributed by atoms with van der Waals surface area (Å²) in [4.78, 5) is 10.1. The molecule has 15 heteroatoms. The van der Waals surface area contributed by atoms with Crippen LogP contribution in [0.5, 0.6) is 0 Å². The molecular weight excluding hydrogens is 891 g/mol. The zero-order valence-corrected chi connectivity index (χ0v) is 45.4. The van der Waals surface area contributed by atoms with Crippen molar-refractivity contribution in [3.8, 4) is 0 Å². The minimum atomic E-state index is -0.0638. The lowest BCUT2D eigenvalue weighted by Crippen LogP contribution is -2.27. The Morgan fingerprint density at radius 1 is 0.493 bits per heavy atom. The molecule has 0 spiro atoms. The van der Waals surface area contributed by atoms with Gasteiger partial charge in [-0.15, -0.1) is 0 Å². The molecule has 0 heterocycles. The van der Waals surface area contributed by atoms with Gasteiger partial charge in [0.1, 0.15) is 0 Å². The lowest BCUT2D eigenvalue weighted by Gasteiger charge is -2.11. The van der Waals surface area contributed by atoms with Gasteiger partial charge in [0.2, 0.25) is 5.96 Å². The molecule has 11 N–H and O–H groups in total. The van der Waals surface area contributed by atoms with E-state index in [4.69, 9.17) is 69.7 Å². The van der Waals surface area contributed by atoms with E-state index in [2.05, 4.69) is 58.7 Å². The third-order valence-corrected chi connectivity index (χ3v) is 13.7. The molecule has 12 nitrogen and oxygen atoms in total. The molecule has 0 radical (unpaired) electrons. The summed E-state index contributed by atoms with van der Waals surface area (Å²) < 4.78 is 5.60. The Bertz CT molecular complexity index is 1340. The van der Waals surface area contributed by atoms with Crippen molar-refractivity contribution in [2.75, 3.05) is 26.3 Å². The molecule has 4 atom stereocenters. The highest BCUT2D eigenvalue weighted by molar-refractivity contribution is 7.80. The van der Waals surface area contributed by atoms with E-state index in [1.165, 1.54) is 196 Å². The molecule has 386 valence electrons. The van der Waals surface area contributed by atoms with Gasteiger partial charge in [0, 0.05) is 36.1 Å². The first kappa shape index (κ1) is 62.4. The van der Waals surface area contributed by atoms with Crippen molar-refractivity contribution in [2.45, 2.75) is 233 Å². The number of thiocarbonyl (C=S) groups is 3. The quantitative estimate of drug-likeness (QED) is 0.0124. The van der Waals surface area contributed by atoms with Crippen molar-refractivity contribution >= 4 is 80.5 Å². The highest BCUT2D eigenvalue weighted by Crippen LogP contribution is 2.30. The molecule has 0 aromatic rings. The Morgan fingerprint density at radius 3 is 1.24 bits per heavy atom. The monoisotopic (exact) mass is 990 g/mol. The molecule has 0 aromatic heterocycles. The molecule has 0 aromatic carbocycles. The van der Waals surface area contributed by atoms with Crippen LogP contribution in [0.3, 0.4) is 0 Å². The first-order chi connectivity index (χ1) is 32.4. The SMILES string of the molecule is CCCCCCC1CCCC1=NCC(N)=S.CCCCCCCC1CCC/C1=N\NC(=N)N.CCCCCCCC1CCC/C1=N\NC(N)=S.CCCCOCCC1CCCC1=NCC(N)=S. The van der Waals surface area contributed by atoms with Gasteiger partial charge in [0.15, 0.2) is 5.11 Å². The number of hydrogen-bond acceptors (Lipinski definition) is 9. The number of guanidine groups is 1. The van der Waals surface area contributed by atoms with Gasteiger partial charge in [-0.05, 0) is 145 Å². The van der Waals surface area contributed by atoms with E-state index < -0.39 is 0 Å². The van der Waals surface area contributed by atoms with Crippen LogP contribution in [0.25, 0.3) is 0 Å². The minimum absolute atomic E-state index is 0.0638. The number of hydrazone groups is 2. The lowest BCUT2D eigenvalue weighted by molar-refractivity contribution is 0.123. The zero-order valence-electron chi connectivity index (χ0n) is 43.0. The van der Waals surface area contributed by atoms with Crippen LogP contribution in [0.1, 0.15) is 233 Å². The fourth-order valence-electron chi connectivity index (χ4n) is 9.55. The number of aliphatic imine (C=N–C) groups is 2. The van der Waals surface area contributed by atoms with Crippen LogP contribution in [0, 0.1) is 29.1 Å². The molecule has 4 aliphatic rings. The third-order valence-electron chi connectivity index (χ3n) is 13.3. The average molecular weight is 991 g/mol. The van der Waals surface area contributed by atoms with Gasteiger partial charge < -0.3 is 27.7 Å². The molecule has 0 amide bonds. The van der Waals surface area contributed by atoms with Crippen LogP contribution in [-0.2, 0) is 4.74 Å². The summed E-state index contributed by atoms with van der Waals surface area (Å²) in [7, 11) is 0. The lowest BCUT2D eigenvalue weighted by atomic mass is 9.98. The van der Waals surface area contributed by atoms with E-state index >= 15 is 0 Å². The Balaban J connectivity index is 0.000000447. The van der Waals surface area contributed by atoms with Gasteiger partial charge in [0.05, 0.1) is 23.1 Å². The molecule has 4 rings (SSSR count). The fourth-order valence-corrected chi connectivity index (χ4v) is 9.73. The topological polar surface area (TPSA) is 211 Å². The summed E-state index contributed by atoms with van der Waals surface area (Å²) in [5.74, 6) is 2.56. The summed E-state index contributed by atoms with van der Waals surface area (Å²) in [5, 5.41) is 15.9. The summed E-state index contributed by atoms with van der Waals surface area (Å²) >= 11 is 14.5. The molecule has 4 fully saturated rings. The van der Waals surface area contributed by atoms with Crippen LogP contribution in [-0.4, -0.2) is 70.2 Å². The van der Waals surface area contributed by atoms with Gasteiger partial charge in [-0.2, -0.15) is 10.2 Å². The summed E-state index contributed by atoms with van der Waals surface area (Å²) in [6, 6.07) is 0. The maximum Gasteiger partial charge on any atom is 0.206 e. The number of ether oxygens (including phenoxy) is 1. The largest absolute Gasteiger partial charge is 0.392 e. The average Bonchev–Trinajstić information content (AvgIpc) is 4.14. The van der Waals surface area contributed by atoms with Crippen LogP contribution in [0.4, 0.5) is 0 Å². The predicted molar refractivity (Wildman–Crippen MR) is 303 cm³/mol. The van der Waals surface area contributed by atoms with Crippen LogP contribution < -0.4 is 33.8 Å². The molecule has 0 aliphatic heterocycles. The van der Waals surface area contributed by atoms with Crippen LogP contribution >= 0.6 is 36.7 Å². The molecule has 4 saturated carbocycles. The van der Waals surface area contributed by atoms with E-state index in [1.807, 2.05) is 0 Å². The maximum atomic E-state index is 7.10. The van der Waals surface area contributed by atoms with Gasteiger partial charge >= 0.3 is 0 Å². The third kappa shape index (κ3) is 33.5. The van der Waals surface area contributed by atoms with E-state index in [0.717, 1.165) is 51.2 Å².